The average Bonchev–Trinajstić information content (AvgIpc) is 2.55. The highest BCUT2D eigenvalue weighted by Crippen LogP contribution is 2.21. The van der Waals surface area contributed by atoms with E-state index >= 15 is 0 Å². The molecule has 0 aromatic heterocycles. The summed E-state index contributed by atoms with van der Waals surface area (Å²) in [6, 6.07) is 6.76. The molecule has 0 radical (unpaired) electrons. The Hall–Kier alpha value is -0.560. The third-order valence-corrected chi connectivity index (χ3v) is 5.65. The molecule has 0 saturated carbocycles. The number of nitrogens with one attached hydrogen (secondary N) is 2. The van der Waals surface area contributed by atoms with Gasteiger partial charge >= 0.3 is 0 Å². The molecule has 1 aliphatic heterocycles. The largest absolute Gasteiger partial charge is 0.357 e. The number of rotatable bonds is 2. The van der Waals surface area contributed by atoms with Crippen molar-refractivity contribution in [2.24, 2.45) is 0 Å². The van der Waals surface area contributed by atoms with Gasteiger partial charge in [-0.15, -0.1) is 11.6 Å². The first-order valence-corrected chi connectivity index (χ1v) is 8.58. The topological polar surface area (TPSA) is 58.2 Å². The summed E-state index contributed by atoms with van der Waals surface area (Å²) in [6.07, 6.45) is 0. The summed E-state index contributed by atoms with van der Waals surface area (Å²) < 4.78 is 22.9. The van der Waals surface area contributed by atoms with Crippen LogP contribution in [-0.2, 0) is 9.84 Å². The van der Waals surface area contributed by atoms with Crippen molar-refractivity contribution in [2.45, 2.75) is 11.4 Å². The summed E-state index contributed by atoms with van der Waals surface area (Å²) in [5.74, 6) is -0.0353. The van der Waals surface area contributed by atoms with Gasteiger partial charge in [-0.05, 0) is 24.4 Å². The molecule has 2 rings (SSSR count). The molecular formula is C11H12Cl2N2O2S2. The van der Waals surface area contributed by atoms with Crippen molar-refractivity contribution in [3.8, 4) is 0 Å². The molecule has 0 aliphatic carbocycles. The molecule has 0 unspecified atom stereocenters. The van der Waals surface area contributed by atoms with Crippen molar-refractivity contribution < 1.29 is 8.42 Å². The fraction of sp³-hybridized carbons (Fsp3) is 0.364. The number of hydrogen-bond acceptors (Lipinski definition) is 3. The van der Waals surface area contributed by atoms with Crippen molar-refractivity contribution in [1.29, 1.82) is 0 Å². The fourth-order valence-electron chi connectivity index (χ4n) is 1.83. The van der Waals surface area contributed by atoms with Gasteiger partial charge in [-0.3, -0.25) is 0 Å². The van der Waals surface area contributed by atoms with Crippen LogP contribution in [0, 0.1) is 0 Å². The zero-order chi connectivity index (χ0) is 14.0. The molecule has 19 heavy (non-hydrogen) atoms. The van der Waals surface area contributed by atoms with Crippen LogP contribution in [-0.4, -0.2) is 36.5 Å². The van der Waals surface area contributed by atoms with E-state index in [1.54, 1.807) is 12.1 Å². The normalized spacial score (nSPS) is 24.9. The minimum atomic E-state index is -3.08. The van der Waals surface area contributed by atoms with Gasteiger partial charge in [-0.2, -0.15) is 0 Å². The van der Waals surface area contributed by atoms with Gasteiger partial charge in [0.1, 0.15) is 0 Å². The minimum Gasteiger partial charge on any atom is -0.357 e. The molecular weight excluding hydrogens is 327 g/mol. The highest BCUT2D eigenvalue weighted by Gasteiger charge is 2.36. The molecule has 2 atom stereocenters. The van der Waals surface area contributed by atoms with Crippen molar-refractivity contribution in [3.63, 3.8) is 0 Å². The maximum atomic E-state index is 11.4. The summed E-state index contributed by atoms with van der Waals surface area (Å²) in [5, 5.41) is 6.20. The first-order valence-electron chi connectivity index (χ1n) is 5.54. The van der Waals surface area contributed by atoms with Crippen LogP contribution in [0.1, 0.15) is 0 Å². The van der Waals surface area contributed by atoms with Crippen molar-refractivity contribution in [1.82, 2.24) is 5.32 Å². The number of thiocarbonyl (C=S) groups is 1. The van der Waals surface area contributed by atoms with Gasteiger partial charge in [0.25, 0.3) is 0 Å². The first-order chi connectivity index (χ1) is 8.87. The summed E-state index contributed by atoms with van der Waals surface area (Å²) in [6.45, 7) is 0. The smallest absolute Gasteiger partial charge is 0.171 e. The molecule has 2 N–H and O–H groups in total. The number of benzene rings is 1. The SMILES string of the molecule is O=S1(=O)C[C@H](NC(=S)Nc2ccccc2Cl)[C@@H](Cl)C1. The van der Waals surface area contributed by atoms with E-state index in [1.165, 1.54) is 0 Å². The van der Waals surface area contributed by atoms with Crippen LogP contribution in [0.3, 0.4) is 0 Å². The predicted octanol–water partition coefficient (Wildman–Crippen LogP) is 2.03. The Labute approximate surface area is 127 Å². The van der Waals surface area contributed by atoms with E-state index in [2.05, 4.69) is 10.6 Å². The maximum Gasteiger partial charge on any atom is 0.171 e. The Morgan fingerprint density at radius 2 is 2.00 bits per heavy atom. The number of anilines is 1. The van der Waals surface area contributed by atoms with E-state index in [1.807, 2.05) is 12.1 Å². The van der Waals surface area contributed by atoms with Gasteiger partial charge in [0.05, 0.1) is 33.6 Å². The Morgan fingerprint density at radius 1 is 1.32 bits per heavy atom. The lowest BCUT2D eigenvalue weighted by atomic mass is 10.2. The summed E-state index contributed by atoms with van der Waals surface area (Å²) in [4.78, 5) is 0. The third-order valence-electron chi connectivity index (χ3n) is 2.72. The third kappa shape index (κ3) is 3.95. The maximum absolute atomic E-state index is 11.4. The highest BCUT2D eigenvalue weighted by atomic mass is 35.5. The Morgan fingerprint density at radius 3 is 2.58 bits per heavy atom. The minimum absolute atomic E-state index is 0.00842. The lowest BCUT2D eigenvalue weighted by molar-refractivity contribution is 0.600. The van der Waals surface area contributed by atoms with Crippen LogP contribution >= 0.6 is 35.4 Å². The summed E-state index contributed by atoms with van der Waals surface area (Å²) >= 11 is 17.1. The van der Waals surface area contributed by atoms with Gasteiger partial charge in [0, 0.05) is 0 Å². The van der Waals surface area contributed by atoms with Crippen LogP contribution in [0.2, 0.25) is 5.02 Å². The van der Waals surface area contributed by atoms with Crippen molar-refractivity contribution >= 4 is 56.1 Å². The van der Waals surface area contributed by atoms with E-state index in [9.17, 15) is 8.42 Å². The lowest BCUT2D eigenvalue weighted by Crippen LogP contribution is -2.42. The van der Waals surface area contributed by atoms with Gasteiger partial charge in [0.2, 0.25) is 0 Å². The Bertz CT molecular complexity index is 592. The lowest BCUT2D eigenvalue weighted by Gasteiger charge is -2.17. The molecule has 4 nitrogen and oxygen atoms in total. The second-order valence-electron chi connectivity index (χ2n) is 4.28. The average molecular weight is 339 g/mol. The second kappa shape index (κ2) is 5.83. The highest BCUT2D eigenvalue weighted by molar-refractivity contribution is 7.91. The molecule has 0 amide bonds. The fourth-order valence-corrected chi connectivity index (χ4v) is 4.82. The van der Waals surface area contributed by atoms with Crippen LogP contribution in [0.4, 0.5) is 5.69 Å². The second-order valence-corrected chi connectivity index (χ2v) is 7.81. The van der Waals surface area contributed by atoms with Crippen LogP contribution in [0.25, 0.3) is 0 Å². The summed E-state index contributed by atoms with van der Waals surface area (Å²) in [7, 11) is -3.08. The standard InChI is InChI=1S/C11H12Cl2N2O2S2/c12-7-3-1-2-4-9(7)14-11(18)15-10-6-19(16,17)5-8(10)13/h1-4,8,10H,5-6H2,(H2,14,15,18)/t8-,10-/m0/s1. The Kier molecular flexibility index (Phi) is 4.55. The quantitative estimate of drug-likeness (QED) is 0.638. The molecule has 1 aromatic carbocycles. The van der Waals surface area contributed by atoms with E-state index in [0.29, 0.717) is 15.8 Å². The van der Waals surface area contributed by atoms with Crippen molar-refractivity contribution in [2.75, 3.05) is 16.8 Å². The first kappa shape index (κ1) is 14.8. The molecule has 1 saturated heterocycles. The van der Waals surface area contributed by atoms with Crippen LogP contribution in [0.15, 0.2) is 24.3 Å². The van der Waals surface area contributed by atoms with Crippen LogP contribution in [0.5, 0.6) is 0 Å². The number of halogens is 2. The Balaban J connectivity index is 1.98. The van der Waals surface area contributed by atoms with Gasteiger partial charge in [-0.25, -0.2) is 8.42 Å². The number of hydrogen-bond donors (Lipinski definition) is 2. The number of para-hydroxylation sites is 1. The van der Waals surface area contributed by atoms with E-state index < -0.39 is 15.2 Å². The van der Waals surface area contributed by atoms with Gasteiger partial charge < -0.3 is 10.6 Å². The molecule has 1 fully saturated rings. The molecule has 8 heteroatoms. The van der Waals surface area contributed by atoms with E-state index in [-0.39, 0.29) is 17.5 Å². The van der Waals surface area contributed by atoms with Gasteiger partial charge in [-0.1, -0.05) is 23.7 Å². The van der Waals surface area contributed by atoms with Crippen LogP contribution < -0.4 is 10.6 Å². The zero-order valence-electron chi connectivity index (χ0n) is 9.77. The molecule has 104 valence electrons. The molecule has 1 aromatic rings. The monoisotopic (exact) mass is 338 g/mol. The zero-order valence-corrected chi connectivity index (χ0v) is 12.9. The number of alkyl halides is 1. The number of sulfone groups is 1. The molecule has 1 heterocycles. The summed E-state index contributed by atoms with van der Waals surface area (Å²) in [5.41, 5.74) is 0.661. The van der Waals surface area contributed by atoms with Crippen molar-refractivity contribution in [3.05, 3.63) is 29.3 Å². The van der Waals surface area contributed by atoms with Gasteiger partial charge in [0.15, 0.2) is 14.9 Å². The molecule has 0 spiro atoms. The molecule has 1 aliphatic rings. The van der Waals surface area contributed by atoms with E-state index in [0.717, 1.165) is 0 Å². The molecule has 0 bridgehead atoms. The predicted molar refractivity (Wildman–Crippen MR) is 82.9 cm³/mol. The van der Waals surface area contributed by atoms with E-state index in [4.69, 9.17) is 35.4 Å².